The van der Waals surface area contributed by atoms with E-state index >= 15 is 0 Å². The van der Waals surface area contributed by atoms with Crippen LogP contribution in [-0.4, -0.2) is 88.7 Å². The van der Waals surface area contributed by atoms with E-state index in [4.69, 9.17) is 36.5 Å². The van der Waals surface area contributed by atoms with Gasteiger partial charge < -0.3 is 46.7 Å². The lowest BCUT2D eigenvalue weighted by molar-refractivity contribution is -0.123. The van der Waals surface area contributed by atoms with E-state index in [2.05, 4.69) is 4.98 Å². The molecule has 13 heteroatoms. The first-order valence-corrected chi connectivity index (χ1v) is 8.42. The fourth-order valence-electron chi connectivity index (χ4n) is 2.21. The molecule has 0 bridgehead atoms. The van der Waals surface area contributed by atoms with Crippen LogP contribution in [0.2, 0.25) is 0 Å². The molecule has 0 unspecified atom stereocenters. The molecule has 0 spiro atoms. The summed E-state index contributed by atoms with van der Waals surface area (Å²) in [7, 11) is 0. The third-order valence-corrected chi connectivity index (χ3v) is 3.52. The largest absolute Gasteiger partial charge is 0.394 e. The number of hydrogen-bond acceptors (Lipinski definition) is 11. The maximum absolute atomic E-state index is 11.5. The summed E-state index contributed by atoms with van der Waals surface area (Å²) >= 11 is 0. The van der Waals surface area contributed by atoms with Crippen LogP contribution in [0.3, 0.4) is 0 Å². The Balaban J connectivity index is 0.000000311. The zero-order valence-electron chi connectivity index (χ0n) is 15.2. The van der Waals surface area contributed by atoms with Crippen molar-refractivity contribution < 1.29 is 34.3 Å². The number of rotatable bonds is 9. The van der Waals surface area contributed by atoms with Crippen molar-refractivity contribution in [3.63, 3.8) is 0 Å². The Labute approximate surface area is 160 Å². The summed E-state index contributed by atoms with van der Waals surface area (Å²) in [5.74, 6) is -0.415. The number of carbonyl (C=O) groups is 1. The average Bonchev–Trinajstić information content (AvgIpc) is 2.93. The van der Waals surface area contributed by atoms with Gasteiger partial charge in [-0.15, -0.1) is 0 Å². The normalized spacial score (nSPS) is 23.9. The van der Waals surface area contributed by atoms with Crippen molar-refractivity contribution in [2.75, 3.05) is 45.3 Å². The van der Waals surface area contributed by atoms with Crippen molar-refractivity contribution >= 4 is 11.7 Å². The van der Waals surface area contributed by atoms with Gasteiger partial charge in [0.2, 0.25) is 5.91 Å². The highest BCUT2D eigenvalue weighted by Gasteiger charge is 2.43. The Kier molecular flexibility index (Phi) is 10.5. The number of hydrogen-bond donors (Lipinski definition) is 6. The SMILES string of the molecule is NCCOCCOCC(N)=O.Nc1ccn([C@@H]2O[C@H](CO)[C@@H](O)[C@@H]2O)c(=O)n1. The standard InChI is InChI=1S/C9H13N3O5.C6H14N2O3/c10-5-1-2-12(9(16)11-5)8-7(15)6(14)4(3-13)17-8;7-1-2-10-3-4-11-5-6(8)9/h1-2,4,6-8,13-15H,3H2,(H2,10,11,16);1-5,7H2,(H2,8,9)/t4-,6-,7+,8-;/m1./s1. The minimum absolute atomic E-state index is 0.0496. The molecule has 0 aliphatic carbocycles. The Morgan fingerprint density at radius 1 is 1.25 bits per heavy atom. The van der Waals surface area contributed by atoms with Gasteiger partial charge in [0.05, 0.1) is 26.4 Å². The second kappa shape index (κ2) is 12.4. The van der Waals surface area contributed by atoms with Gasteiger partial charge in [-0.2, -0.15) is 4.98 Å². The number of ether oxygens (including phenoxy) is 3. The summed E-state index contributed by atoms with van der Waals surface area (Å²) in [5, 5.41) is 28.2. The van der Waals surface area contributed by atoms with Crippen LogP contribution in [0.15, 0.2) is 17.1 Å². The summed E-state index contributed by atoms with van der Waals surface area (Å²) in [4.78, 5) is 25.1. The molecule has 13 nitrogen and oxygen atoms in total. The van der Waals surface area contributed by atoms with Crippen LogP contribution in [0.1, 0.15) is 6.23 Å². The van der Waals surface area contributed by atoms with E-state index in [9.17, 15) is 19.8 Å². The Hall–Kier alpha value is -2.13. The molecule has 160 valence electrons. The molecule has 0 saturated carbocycles. The van der Waals surface area contributed by atoms with E-state index < -0.39 is 42.7 Å². The van der Waals surface area contributed by atoms with E-state index in [1.165, 1.54) is 12.3 Å². The maximum atomic E-state index is 11.5. The molecule has 9 N–H and O–H groups in total. The van der Waals surface area contributed by atoms with Gasteiger partial charge in [0.25, 0.3) is 0 Å². The predicted octanol–water partition coefficient (Wildman–Crippen LogP) is -4.10. The van der Waals surface area contributed by atoms with Crippen molar-refractivity contribution in [1.82, 2.24) is 9.55 Å². The molecular weight excluding hydrogens is 378 g/mol. The Morgan fingerprint density at radius 2 is 1.93 bits per heavy atom. The van der Waals surface area contributed by atoms with Crippen molar-refractivity contribution in [2.24, 2.45) is 11.5 Å². The lowest BCUT2D eigenvalue weighted by atomic mass is 10.1. The molecule has 1 aromatic heterocycles. The predicted molar refractivity (Wildman–Crippen MR) is 95.8 cm³/mol. The fraction of sp³-hybridized carbons (Fsp3) is 0.667. The lowest BCUT2D eigenvalue weighted by Gasteiger charge is -2.16. The van der Waals surface area contributed by atoms with Gasteiger partial charge in [-0.3, -0.25) is 9.36 Å². The third-order valence-electron chi connectivity index (χ3n) is 3.52. The molecule has 0 aromatic carbocycles. The zero-order chi connectivity index (χ0) is 21.1. The number of carbonyl (C=O) groups excluding carboxylic acids is 1. The van der Waals surface area contributed by atoms with Crippen LogP contribution in [0.4, 0.5) is 5.82 Å². The molecule has 4 atom stereocenters. The molecule has 2 heterocycles. The van der Waals surface area contributed by atoms with Gasteiger partial charge in [0.1, 0.15) is 30.7 Å². The van der Waals surface area contributed by atoms with Crippen LogP contribution in [0.5, 0.6) is 0 Å². The number of aliphatic hydroxyl groups is 3. The topological polar surface area (TPSA) is 218 Å². The van der Waals surface area contributed by atoms with E-state index in [-0.39, 0.29) is 12.4 Å². The Bertz CT molecular complexity index is 658. The second-order valence-electron chi connectivity index (χ2n) is 5.69. The number of aliphatic hydroxyl groups excluding tert-OH is 3. The molecule has 1 saturated heterocycles. The van der Waals surface area contributed by atoms with Gasteiger partial charge in [-0.1, -0.05) is 0 Å². The summed E-state index contributed by atoms with van der Waals surface area (Å²) in [6, 6.07) is 1.37. The number of aromatic nitrogens is 2. The number of nitrogen functional groups attached to an aromatic ring is 1. The fourth-order valence-corrected chi connectivity index (χ4v) is 2.21. The van der Waals surface area contributed by atoms with E-state index in [1.54, 1.807) is 0 Å². The summed E-state index contributed by atoms with van der Waals surface area (Å²) in [6.07, 6.45) is -3.27. The Morgan fingerprint density at radius 3 is 2.46 bits per heavy atom. The average molecular weight is 405 g/mol. The third kappa shape index (κ3) is 7.47. The molecule has 1 aliphatic rings. The van der Waals surface area contributed by atoms with Crippen LogP contribution >= 0.6 is 0 Å². The summed E-state index contributed by atoms with van der Waals surface area (Å²) < 4.78 is 16.0. The number of nitrogens with zero attached hydrogens (tertiary/aromatic N) is 2. The lowest BCUT2D eigenvalue weighted by Crippen LogP contribution is -2.36. The number of amides is 1. The molecule has 1 fully saturated rings. The van der Waals surface area contributed by atoms with Gasteiger partial charge in [-0.05, 0) is 6.07 Å². The zero-order valence-corrected chi connectivity index (χ0v) is 15.2. The minimum atomic E-state index is -1.31. The van der Waals surface area contributed by atoms with Gasteiger partial charge in [0, 0.05) is 12.7 Å². The maximum Gasteiger partial charge on any atom is 0.351 e. The van der Waals surface area contributed by atoms with Crippen molar-refractivity contribution in [3.8, 4) is 0 Å². The molecular formula is C15H27N5O8. The van der Waals surface area contributed by atoms with Crippen molar-refractivity contribution in [2.45, 2.75) is 24.5 Å². The number of primary amides is 1. The van der Waals surface area contributed by atoms with Crippen molar-refractivity contribution in [3.05, 3.63) is 22.7 Å². The number of anilines is 1. The molecule has 28 heavy (non-hydrogen) atoms. The first kappa shape index (κ1) is 23.9. The molecule has 1 amide bonds. The molecule has 2 rings (SSSR count). The van der Waals surface area contributed by atoms with Crippen LogP contribution in [0, 0.1) is 0 Å². The van der Waals surface area contributed by atoms with E-state index in [1.807, 2.05) is 0 Å². The monoisotopic (exact) mass is 405 g/mol. The van der Waals surface area contributed by atoms with E-state index in [0.717, 1.165) is 4.57 Å². The first-order chi connectivity index (χ1) is 13.3. The summed E-state index contributed by atoms with van der Waals surface area (Å²) in [5.41, 5.74) is 14.6. The number of nitrogens with two attached hydrogens (primary N) is 3. The van der Waals surface area contributed by atoms with Gasteiger partial charge >= 0.3 is 5.69 Å². The van der Waals surface area contributed by atoms with Crippen molar-refractivity contribution in [1.29, 1.82) is 0 Å². The first-order valence-electron chi connectivity index (χ1n) is 8.42. The quantitative estimate of drug-likeness (QED) is 0.217. The highest BCUT2D eigenvalue weighted by molar-refractivity contribution is 5.74. The smallest absolute Gasteiger partial charge is 0.351 e. The van der Waals surface area contributed by atoms with E-state index in [0.29, 0.717) is 26.4 Å². The van der Waals surface area contributed by atoms with Gasteiger partial charge in [0.15, 0.2) is 6.23 Å². The van der Waals surface area contributed by atoms with Crippen LogP contribution < -0.4 is 22.9 Å². The minimum Gasteiger partial charge on any atom is -0.394 e. The van der Waals surface area contributed by atoms with Crippen LogP contribution in [-0.2, 0) is 19.0 Å². The molecule has 1 aliphatic heterocycles. The molecule has 1 aromatic rings. The highest BCUT2D eigenvalue weighted by Crippen LogP contribution is 2.27. The van der Waals surface area contributed by atoms with Crippen LogP contribution in [0.25, 0.3) is 0 Å². The highest BCUT2D eigenvalue weighted by atomic mass is 16.6. The summed E-state index contributed by atoms with van der Waals surface area (Å²) in [6.45, 7) is 1.33. The molecule has 0 radical (unpaired) electrons. The van der Waals surface area contributed by atoms with Gasteiger partial charge in [-0.25, -0.2) is 4.79 Å². The second-order valence-corrected chi connectivity index (χ2v) is 5.69.